The van der Waals surface area contributed by atoms with Crippen LogP contribution in [0.4, 0.5) is 4.39 Å². The summed E-state index contributed by atoms with van der Waals surface area (Å²) < 4.78 is 20.9. The molecule has 8 heteroatoms. The number of ether oxygens (including phenoxy) is 1. The molecule has 1 saturated carbocycles. The molecule has 1 unspecified atom stereocenters. The summed E-state index contributed by atoms with van der Waals surface area (Å²) in [5.41, 5.74) is 8.47. The largest absolute Gasteiger partial charge is 0.459 e. The standard InChI is InChI=1S/C36H47FN4O3/c1-36(2,3)44-35(43)32(38)16-20-40-19-15-27-5-4-6-30(33(27)40)34(42)41-22-28(31(23-41)26-7-8-26)21-39-17-13-25(14-18-39)24-9-11-29(37)12-10-24/h4-6,9-12,15,19,25-26,28,31-32H,7-8,13-14,16-18,20-23,38H2,1-3H3/t28-,31+,32?/m1/s1. The minimum Gasteiger partial charge on any atom is -0.459 e. The van der Waals surface area contributed by atoms with Gasteiger partial charge in [-0.1, -0.05) is 24.3 Å². The Kier molecular flexibility index (Phi) is 8.84. The summed E-state index contributed by atoms with van der Waals surface area (Å²) in [7, 11) is 0. The number of fused-ring (bicyclic) bond motifs is 1. The van der Waals surface area contributed by atoms with Gasteiger partial charge in [-0.05, 0) is 119 Å². The number of nitrogens with zero attached hydrogens (tertiary/aromatic N) is 3. The maximum Gasteiger partial charge on any atom is 0.323 e. The van der Waals surface area contributed by atoms with Crippen LogP contribution in [-0.2, 0) is 16.1 Å². The first-order chi connectivity index (χ1) is 21.1. The van der Waals surface area contributed by atoms with Crippen molar-refractivity contribution in [1.29, 1.82) is 0 Å². The van der Waals surface area contributed by atoms with Crippen LogP contribution in [0.5, 0.6) is 0 Å². The third kappa shape index (κ3) is 7.02. The van der Waals surface area contributed by atoms with Crippen molar-refractivity contribution < 1.29 is 18.7 Å². The van der Waals surface area contributed by atoms with E-state index in [1.54, 1.807) is 12.1 Å². The number of carbonyl (C=O) groups excluding carboxylic acids is 2. The molecule has 2 aliphatic heterocycles. The SMILES string of the molecule is CC(C)(C)OC(=O)C(N)CCn1ccc2cccc(C(=O)N3C[C@@H](CN4CCC(c5ccc(F)cc5)CC4)[C@H](C4CC4)C3)c21. The van der Waals surface area contributed by atoms with Crippen LogP contribution in [0.1, 0.15) is 74.7 Å². The van der Waals surface area contributed by atoms with E-state index in [1.807, 2.05) is 63.4 Å². The molecule has 236 valence electrons. The predicted octanol–water partition coefficient (Wildman–Crippen LogP) is 5.82. The summed E-state index contributed by atoms with van der Waals surface area (Å²) >= 11 is 0. The monoisotopic (exact) mass is 602 g/mol. The van der Waals surface area contributed by atoms with E-state index >= 15 is 0 Å². The van der Waals surface area contributed by atoms with Crippen LogP contribution in [-0.4, -0.2) is 70.6 Å². The molecule has 2 saturated heterocycles. The molecule has 0 spiro atoms. The first-order valence-corrected chi connectivity index (χ1v) is 16.4. The number of aryl methyl sites for hydroxylation is 1. The van der Waals surface area contributed by atoms with Gasteiger partial charge in [0.25, 0.3) is 5.91 Å². The van der Waals surface area contributed by atoms with Gasteiger partial charge in [-0.25, -0.2) is 4.39 Å². The highest BCUT2D eigenvalue weighted by molar-refractivity contribution is 6.06. The molecule has 3 aliphatic rings. The van der Waals surface area contributed by atoms with Gasteiger partial charge >= 0.3 is 5.97 Å². The van der Waals surface area contributed by atoms with E-state index in [4.69, 9.17) is 10.5 Å². The van der Waals surface area contributed by atoms with E-state index in [0.29, 0.717) is 36.3 Å². The molecule has 2 aromatic carbocycles. The molecule has 2 N–H and O–H groups in total. The maximum absolute atomic E-state index is 14.1. The van der Waals surface area contributed by atoms with Crippen molar-refractivity contribution in [3.8, 4) is 0 Å². The molecular formula is C36H47FN4O3. The topological polar surface area (TPSA) is 80.8 Å². The maximum atomic E-state index is 14.1. The number of halogens is 1. The number of nitrogens with two attached hydrogens (primary N) is 1. The second-order valence-corrected chi connectivity index (χ2v) is 14.3. The lowest BCUT2D eigenvalue weighted by Crippen LogP contribution is -2.39. The number of esters is 1. The minimum atomic E-state index is -0.728. The molecular weight excluding hydrogens is 555 g/mol. The van der Waals surface area contributed by atoms with Crippen molar-refractivity contribution in [2.24, 2.45) is 23.5 Å². The Morgan fingerprint density at radius 2 is 1.73 bits per heavy atom. The quantitative estimate of drug-likeness (QED) is 0.313. The van der Waals surface area contributed by atoms with E-state index in [2.05, 4.69) is 14.4 Å². The van der Waals surface area contributed by atoms with Crippen LogP contribution in [0.3, 0.4) is 0 Å². The molecule has 0 bridgehead atoms. The van der Waals surface area contributed by atoms with Gasteiger partial charge < -0.3 is 24.8 Å². The predicted molar refractivity (Wildman–Crippen MR) is 171 cm³/mol. The Morgan fingerprint density at radius 1 is 1.00 bits per heavy atom. The van der Waals surface area contributed by atoms with E-state index in [0.717, 1.165) is 62.4 Å². The third-order valence-electron chi connectivity index (χ3n) is 9.84. The number of likely N-dealkylation sites (tertiary alicyclic amines) is 2. The van der Waals surface area contributed by atoms with Crippen molar-refractivity contribution >= 4 is 22.8 Å². The molecule has 1 amide bonds. The van der Waals surface area contributed by atoms with Gasteiger partial charge in [0.05, 0.1) is 11.1 Å². The number of carbonyl (C=O) groups is 2. The van der Waals surface area contributed by atoms with E-state index in [-0.39, 0.29) is 11.7 Å². The first-order valence-electron chi connectivity index (χ1n) is 16.4. The Balaban J connectivity index is 1.11. The van der Waals surface area contributed by atoms with Crippen LogP contribution in [0, 0.1) is 23.6 Å². The zero-order chi connectivity index (χ0) is 31.0. The molecule has 1 aliphatic carbocycles. The van der Waals surface area contributed by atoms with Gasteiger partial charge in [-0.15, -0.1) is 0 Å². The second kappa shape index (κ2) is 12.6. The Bertz CT molecular complexity index is 1470. The fourth-order valence-electron chi connectivity index (χ4n) is 7.39. The third-order valence-corrected chi connectivity index (χ3v) is 9.84. The molecule has 3 atom stereocenters. The summed E-state index contributed by atoms with van der Waals surface area (Å²) in [5, 5.41) is 1.01. The molecule has 3 heterocycles. The zero-order valence-electron chi connectivity index (χ0n) is 26.4. The summed E-state index contributed by atoms with van der Waals surface area (Å²) in [6.07, 6.45) is 7.13. The van der Waals surface area contributed by atoms with E-state index in [9.17, 15) is 14.0 Å². The molecule has 3 aromatic rings. The highest BCUT2D eigenvalue weighted by Crippen LogP contribution is 2.45. The van der Waals surface area contributed by atoms with Crippen LogP contribution < -0.4 is 5.73 Å². The van der Waals surface area contributed by atoms with Crippen molar-refractivity contribution in [2.75, 3.05) is 32.7 Å². The van der Waals surface area contributed by atoms with Crippen molar-refractivity contribution in [3.05, 3.63) is 71.7 Å². The number of benzene rings is 2. The number of hydrogen-bond acceptors (Lipinski definition) is 5. The highest BCUT2D eigenvalue weighted by Gasteiger charge is 2.44. The number of rotatable bonds is 9. The van der Waals surface area contributed by atoms with Crippen LogP contribution in [0.2, 0.25) is 0 Å². The number of aromatic nitrogens is 1. The number of piperidine rings is 1. The van der Waals surface area contributed by atoms with Crippen molar-refractivity contribution in [3.63, 3.8) is 0 Å². The molecule has 0 radical (unpaired) electrons. The van der Waals surface area contributed by atoms with Crippen LogP contribution in [0.15, 0.2) is 54.7 Å². The normalized spacial score (nSPS) is 22.4. The van der Waals surface area contributed by atoms with Gasteiger partial charge in [0.2, 0.25) is 0 Å². The fraction of sp³-hybridized carbons (Fsp3) is 0.556. The van der Waals surface area contributed by atoms with Gasteiger partial charge in [0.1, 0.15) is 17.5 Å². The summed E-state index contributed by atoms with van der Waals surface area (Å²) in [4.78, 5) is 31.3. The van der Waals surface area contributed by atoms with Gasteiger partial charge in [0.15, 0.2) is 0 Å². The van der Waals surface area contributed by atoms with Crippen LogP contribution in [0.25, 0.3) is 10.9 Å². The van der Waals surface area contributed by atoms with Gasteiger partial charge in [-0.2, -0.15) is 0 Å². The highest BCUT2D eigenvalue weighted by atomic mass is 19.1. The Hall–Kier alpha value is -3.23. The van der Waals surface area contributed by atoms with Gasteiger partial charge in [-0.3, -0.25) is 9.59 Å². The molecule has 6 rings (SSSR count). The van der Waals surface area contributed by atoms with Crippen molar-refractivity contribution in [2.45, 2.75) is 77.0 Å². The average molecular weight is 603 g/mol. The average Bonchev–Trinajstić information content (AvgIpc) is 3.62. The molecule has 44 heavy (non-hydrogen) atoms. The van der Waals surface area contributed by atoms with E-state index < -0.39 is 17.6 Å². The Morgan fingerprint density at radius 3 is 2.41 bits per heavy atom. The number of amides is 1. The lowest BCUT2D eigenvalue weighted by atomic mass is 9.87. The summed E-state index contributed by atoms with van der Waals surface area (Å²) in [6, 6.07) is 14.3. The number of hydrogen-bond donors (Lipinski definition) is 1. The van der Waals surface area contributed by atoms with Crippen molar-refractivity contribution in [1.82, 2.24) is 14.4 Å². The molecule has 3 fully saturated rings. The summed E-state index contributed by atoms with van der Waals surface area (Å²) in [5.74, 6) is 1.75. The molecule has 1 aromatic heterocycles. The number of para-hydroxylation sites is 1. The first kappa shape index (κ1) is 30.8. The second-order valence-electron chi connectivity index (χ2n) is 14.3. The minimum absolute atomic E-state index is 0.0927. The zero-order valence-corrected chi connectivity index (χ0v) is 26.4. The lowest BCUT2D eigenvalue weighted by Gasteiger charge is -2.34. The van der Waals surface area contributed by atoms with Crippen LogP contribution >= 0.6 is 0 Å². The summed E-state index contributed by atoms with van der Waals surface area (Å²) in [6.45, 7) is 10.8. The van der Waals surface area contributed by atoms with Gasteiger partial charge in [0, 0.05) is 37.8 Å². The Labute approximate surface area is 260 Å². The smallest absolute Gasteiger partial charge is 0.323 e. The van der Waals surface area contributed by atoms with E-state index in [1.165, 1.54) is 18.4 Å². The molecule has 7 nitrogen and oxygen atoms in total. The lowest BCUT2D eigenvalue weighted by molar-refractivity contribution is -0.156. The fourth-order valence-corrected chi connectivity index (χ4v) is 7.39.